The molecule has 1 nitrogen and oxygen atoms in total. The summed E-state index contributed by atoms with van der Waals surface area (Å²) >= 11 is 0. The van der Waals surface area contributed by atoms with Crippen LogP contribution in [0.15, 0.2) is 41.3 Å². The summed E-state index contributed by atoms with van der Waals surface area (Å²) in [5.74, 6) is 0.628. The fraction of sp³-hybridized carbons (Fsp3) is 0.429. The fourth-order valence-corrected chi connectivity index (χ4v) is 4.19. The Morgan fingerprint density at radius 2 is 1.81 bits per heavy atom. The lowest BCUT2D eigenvalue weighted by atomic mass is 10.1. The molecule has 0 aromatic heterocycles. The first-order valence-electron chi connectivity index (χ1n) is 5.86. The molecule has 16 heavy (non-hydrogen) atoms. The molecule has 0 saturated heterocycles. The van der Waals surface area contributed by atoms with Crippen LogP contribution >= 0.6 is 0 Å². The maximum Gasteiger partial charge on any atom is 0.122 e. The van der Waals surface area contributed by atoms with E-state index in [0.717, 1.165) is 0 Å². The maximum absolute atomic E-state index is 5.63. The monoisotopic (exact) mass is 232 g/mol. The van der Waals surface area contributed by atoms with Crippen LogP contribution in [-0.4, -0.2) is 15.2 Å². The molecule has 0 heterocycles. The summed E-state index contributed by atoms with van der Waals surface area (Å²) in [5.41, 5.74) is 2.97. The molecule has 0 N–H and O–H groups in total. The summed E-state index contributed by atoms with van der Waals surface area (Å²) in [4.78, 5) is 0. The molecular formula is C14H20OSi. The van der Waals surface area contributed by atoms with Gasteiger partial charge in [0.25, 0.3) is 0 Å². The summed E-state index contributed by atoms with van der Waals surface area (Å²) in [6, 6.07) is 10.7. The molecule has 0 spiro atoms. The van der Waals surface area contributed by atoms with Crippen LogP contribution in [0.25, 0.3) is 0 Å². The molecule has 1 aromatic rings. The Balaban J connectivity index is 2.25. The molecule has 1 atom stereocenters. The molecule has 86 valence electrons. The molecule has 1 aromatic carbocycles. The summed E-state index contributed by atoms with van der Waals surface area (Å²) in [6.45, 7) is 7.04. The van der Waals surface area contributed by atoms with E-state index in [4.69, 9.17) is 4.74 Å². The maximum atomic E-state index is 5.63. The van der Waals surface area contributed by atoms with Crippen molar-refractivity contribution in [1.29, 1.82) is 0 Å². The van der Waals surface area contributed by atoms with E-state index in [1.54, 1.807) is 0 Å². The highest BCUT2D eigenvalue weighted by Crippen LogP contribution is 2.50. The van der Waals surface area contributed by atoms with Crippen LogP contribution in [0, 0.1) is 0 Å². The predicted octanol–water partition coefficient (Wildman–Crippen LogP) is 3.95. The first-order chi connectivity index (χ1) is 7.54. The van der Waals surface area contributed by atoms with E-state index < -0.39 is 8.07 Å². The normalized spacial score (nSPS) is 22.9. The molecule has 1 aliphatic carbocycles. The Bertz CT molecular complexity index is 400. The van der Waals surface area contributed by atoms with Crippen LogP contribution in [0.1, 0.15) is 17.9 Å². The zero-order chi connectivity index (χ0) is 11.8. The standard InChI is InChI=1S/C14H20OSi/c1-15-14(16(2,3)4)13-10-12(13)11-8-6-5-7-9-11/h5-9,12H,10H2,1-4H3/b14-13+/t12-/m1/s1. The number of hydrogen-bond donors (Lipinski definition) is 0. The van der Waals surface area contributed by atoms with Crippen molar-refractivity contribution in [3.8, 4) is 0 Å². The lowest BCUT2D eigenvalue weighted by Gasteiger charge is -2.19. The number of hydrogen-bond acceptors (Lipinski definition) is 1. The fourth-order valence-electron chi connectivity index (χ4n) is 2.34. The number of benzene rings is 1. The molecule has 0 amide bonds. The van der Waals surface area contributed by atoms with Gasteiger partial charge in [-0.05, 0) is 17.6 Å². The third-order valence-corrected chi connectivity index (χ3v) is 4.95. The van der Waals surface area contributed by atoms with Gasteiger partial charge in [0.05, 0.1) is 12.5 Å². The first kappa shape index (κ1) is 11.5. The van der Waals surface area contributed by atoms with Crippen molar-refractivity contribution in [1.82, 2.24) is 0 Å². The van der Waals surface area contributed by atoms with Crippen molar-refractivity contribution >= 4 is 8.07 Å². The molecule has 0 aliphatic heterocycles. The zero-order valence-electron chi connectivity index (χ0n) is 10.6. The van der Waals surface area contributed by atoms with Crippen LogP contribution in [0.3, 0.4) is 0 Å². The first-order valence-corrected chi connectivity index (χ1v) is 9.36. The highest BCUT2D eigenvalue weighted by molar-refractivity contribution is 6.82. The summed E-state index contributed by atoms with van der Waals surface area (Å²) in [5, 5.41) is 1.31. The van der Waals surface area contributed by atoms with Gasteiger partial charge in [-0.1, -0.05) is 50.0 Å². The molecule has 0 unspecified atom stereocenters. The van der Waals surface area contributed by atoms with Crippen molar-refractivity contribution in [2.24, 2.45) is 0 Å². The largest absolute Gasteiger partial charge is 0.506 e. The molecular weight excluding hydrogens is 212 g/mol. The van der Waals surface area contributed by atoms with Crippen LogP contribution in [0.2, 0.25) is 19.6 Å². The van der Waals surface area contributed by atoms with Gasteiger partial charge in [0, 0.05) is 5.92 Å². The van der Waals surface area contributed by atoms with Gasteiger partial charge in [-0.2, -0.15) is 0 Å². The summed E-state index contributed by atoms with van der Waals surface area (Å²) in [6.07, 6.45) is 1.19. The molecule has 0 radical (unpaired) electrons. The highest BCUT2D eigenvalue weighted by Gasteiger charge is 2.39. The van der Waals surface area contributed by atoms with E-state index >= 15 is 0 Å². The topological polar surface area (TPSA) is 9.23 Å². The Hall–Kier alpha value is -1.02. The lowest BCUT2D eigenvalue weighted by Crippen LogP contribution is -2.25. The molecule has 1 aliphatic rings. The lowest BCUT2D eigenvalue weighted by molar-refractivity contribution is 0.314. The summed E-state index contributed by atoms with van der Waals surface area (Å²) in [7, 11) is 0.516. The Kier molecular flexibility index (Phi) is 2.93. The van der Waals surface area contributed by atoms with E-state index in [2.05, 4.69) is 50.0 Å². The zero-order valence-corrected chi connectivity index (χ0v) is 11.6. The average molecular weight is 232 g/mol. The minimum atomic E-state index is -1.30. The smallest absolute Gasteiger partial charge is 0.122 e. The van der Waals surface area contributed by atoms with Crippen LogP contribution in [0.5, 0.6) is 0 Å². The van der Waals surface area contributed by atoms with Gasteiger partial charge in [0.1, 0.15) is 8.07 Å². The second-order valence-corrected chi connectivity index (χ2v) is 10.4. The van der Waals surface area contributed by atoms with Crippen molar-refractivity contribution in [3.63, 3.8) is 0 Å². The Morgan fingerprint density at radius 1 is 1.19 bits per heavy atom. The minimum Gasteiger partial charge on any atom is -0.506 e. The molecule has 1 fully saturated rings. The van der Waals surface area contributed by atoms with E-state index in [1.807, 2.05) is 7.11 Å². The number of allylic oxidation sites excluding steroid dienone is 1. The van der Waals surface area contributed by atoms with Crippen LogP contribution in [0.4, 0.5) is 0 Å². The predicted molar refractivity (Wildman–Crippen MR) is 71.2 cm³/mol. The Labute approximate surface area is 99.2 Å². The number of methoxy groups -OCH3 is 1. The van der Waals surface area contributed by atoms with Gasteiger partial charge in [0.15, 0.2) is 0 Å². The van der Waals surface area contributed by atoms with Crippen molar-refractivity contribution in [2.75, 3.05) is 7.11 Å². The van der Waals surface area contributed by atoms with Crippen molar-refractivity contribution in [3.05, 3.63) is 46.9 Å². The van der Waals surface area contributed by atoms with E-state index in [9.17, 15) is 0 Å². The van der Waals surface area contributed by atoms with Crippen LogP contribution < -0.4 is 0 Å². The van der Waals surface area contributed by atoms with Gasteiger partial charge in [-0.25, -0.2) is 0 Å². The van der Waals surface area contributed by atoms with E-state index in [-0.39, 0.29) is 0 Å². The number of ether oxygens (including phenoxy) is 1. The van der Waals surface area contributed by atoms with Crippen LogP contribution in [-0.2, 0) is 4.74 Å². The minimum absolute atomic E-state index is 0.628. The van der Waals surface area contributed by atoms with Crippen molar-refractivity contribution in [2.45, 2.75) is 32.0 Å². The van der Waals surface area contributed by atoms with E-state index in [0.29, 0.717) is 5.92 Å². The van der Waals surface area contributed by atoms with Crippen molar-refractivity contribution < 1.29 is 4.74 Å². The van der Waals surface area contributed by atoms with Gasteiger partial charge in [0.2, 0.25) is 0 Å². The molecule has 1 saturated carbocycles. The SMILES string of the molecule is CO/C(=C1/C[C@@H]1c1ccccc1)[Si](C)(C)C. The summed E-state index contributed by atoms with van der Waals surface area (Å²) < 4.78 is 5.63. The molecule has 2 rings (SSSR count). The molecule has 2 heteroatoms. The van der Waals surface area contributed by atoms with Gasteiger partial charge >= 0.3 is 0 Å². The van der Waals surface area contributed by atoms with Gasteiger partial charge in [-0.15, -0.1) is 0 Å². The van der Waals surface area contributed by atoms with Gasteiger partial charge < -0.3 is 4.74 Å². The quantitative estimate of drug-likeness (QED) is 0.566. The average Bonchev–Trinajstić information content (AvgIpc) is 2.98. The third-order valence-electron chi connectivity index (χ3n) is 3.06. The second-order valence-electron chi connectivity index (χ2n) is 5.48. The molecule has 0 bridgehead atoms. The van der Waals surface area contributed by atoms with E-state index in [1.165, 1.54) is 22.9 Å². The van der Waals surface area contributed by atoms with Gasteiger partial charge in [-0.3, -0.25) is 0 Å². The third kappa shape index (κ3) is 2.22. The highest BCUT2D eigenvalue weighted by atomic mass is 28.3. The second kappa shape index (κ2) is 4.09. The Morgan fingerprint density at radius 3 is 2.31 bits per heavy atom. The number of rotatable bonds is 3.